The van der Waals surface area contributed by atoms with Crippen LogP contribution in [-0.4, -0.2) is 68.4 Å². The number of anilines is 3. The Balaban J connectivity index is 1.69. The number of benzene rings is 1. The first-order valence-electron chi connectivity index (χ1n) is 9.50. The highest BCUT2D eigenvalue weighted by Crippen LogP contribution is 2.32. The summed E-state index contributed by atoms with van der Waals surface area (Å²) in [6.45, 7) is 3.86. The Hall–Kier alpha value is -3.14. The molecule has 0 atom stereocenters. The molecular formula is C19H26N6O4. The SMILES string of the molecule is COCCCNc1ncnc(N2CCN(c3ccc(OC)cc3)CC2)c1[N+](=O)[O-]. The average molecular weight is 402 g/mol. The predicted octanol–water partition coefficient (Wildman–Crippen LogP) is 2.17. The normalized spacial score (nSPS) is 14.0. The van der Waals surface area contributed by atoms with Crippen LogP contribution in [0.5, 0.6) is 5.75 Å². The quantitative estimate of drug-likeness (QED) is 0.384. The number of nitro groups is 1. The summed E-state index contributed by atoms with van der Waals surface area (Å²) in [6, 6.07) is 7.89. The molecule has 0 aliphatic carbocycles. The van der Waals surface area contributed by atoms with Crippen LogP contribution in [0.2, 0.25) is 0 Å². The van der Waals surface area contributed by atoms with E-state index < -0.39 is 4.92 Å². The van der Waals surface area contributed by atoms with E-state index in [1.165, 1.54) is 6.33 Å². The Labute approximate surface area is 169 Å². The van der Waals surface area contributed by atoms with Gasteiger partial charge < -0.3 is 24.6 Å². The standard InChI is InChI=1S/C19H26N6O4/c1-28-13-3-8-20-18-17(25(26)27)19(22-14-21-18)24-11-9-23(10-12-24)15-4-6-16(29-2)7-5-15/h4-7,14H,3,8-13H2,1-2H3,(H,20,21,22). The maximum Gasteiger partial charge on any atom is 0.353 e. The van der Waals surface area contributed by atoms with Crippen LogP contribution in [0, 0.1) is 10.1 Å². The number of aromatic nitrogens is 2. The lowest BCUT2D eigenvalue weighted by Gasteiger charge is -2.36. The number of nitrogens with one attached hydrogen (secondary N) is 1. The van der Waals surface area contributed by atoms with Crippen molar-refractivity contribution in [3.63, 3.8) is 0 Å². The molecule has 3 rings (SSSR count). The fourth-order valence-corrected chi connectivity index (χ4v) is 3.29. The van der Waals surface area contributed by atoms with Crippen molar-refractivity contribution >= 4 is 23.0 Å². The minimum atomic E-state index is -0.413. The number of ether oxygens (including phenoxy) is 2. The van der Waals surface area contributed by atoms with E-state index in [1.54, 1.807) is 14.2 Å². The fraction of sp³-hybridized carbons (Fsp3) is 0.474. The first kappa shape index (κ1) is 20.6. The zero-order valence-electron chi connectivity index (χ0n) is 16.7. The third kappa shape index (κ3) is 5.02. The molecule has 1 saturated heterocycles. The van der Waals surface area contributed by atoms with Crippen LogP contribution in [0.25, 0.3) is 0 Å². The second-order valence-corrected chi connectivity index (χ2v) is 6.60. The third-order valence-electron chi connectivity index (χ3n) is 4.82. The van der Waals surface area contributed by atoms with E-state index in [9.17, 15) is 10.1 Å². The summed E-state index contributed by atoms with van der Waals surface area (Å²) < 4.78 is 10.2. The number of rotatable bonds is 9. The molecule has 2 heterocycles. The lowest BCUT2D eigenvalue weighted by Crippen LogP contribution is -2.47. The van der Waals surface area contributed by atoms with E-state index in [2.05, 4.69) is 20.2 Å². The van der Waals surface area contributed by atoms with Crippen LogP contribution < -0.4 is 19.9 Å². The summed E-state index contributed by atoms with van der Waals surface area (Å²) in [5, 5.41) is 14.8. The summed E-state index contributed by atoms with van der Waals surface area (Å²) in [6.07, 6.45) is 2.10. The van der Waals surface area contributed by atoms with Gasteiger partial charge in [0.1, 0.15) is 12.1 Å². The van der Waals surface area contributed by atoms with E-state index in [4.69, 9.17) is 9.47 Å². The van der Waals surface area contributed by atoms with Gasteiger partial charge in [0.05, 0.1) is 12.0 Å². The van der Waals surface area contributed by atoms with E-state index in [0.717, 1.165) is 30.9 Å². The number of methoxy groups -OCH3 is 2. The maximum atomic E-state index is 11.7. The van der Waals surface area contributed by atoms with Gasteiger partial charge >= 0.3 is 5.69 Å². The number of nitrogens with zero attached hydrogens (tertiary/aromatic N) is 5. The Kier molecular flexibility index (Phi) is 7.01. The molecule has 1 aliphatic rings. The van der Waals surface area contributed by atoms with Crippen LogP contribution in [0.3, 0.4) is 0 Å². The van der Waals surface area contributed by atoms with Gasteiger partial charge in [-0.25, -0.2) is 9.97 Å². The van der Waals surface area contributed by atoms with Crippen molar-refractivity contribution in [1.82, 2.24) is 9.97 Å². The second kappa shape index (κ2) is 9.87. The molecule has 0 unspecified atom stereocenters. The first-order valence-corrected chi connectivity index (χ1v) is 9.50. The molecule has 10 heteroatoms. The number of hydrogen-bond donors (Lipinski definition) is 1. The molecule has 0 amide bonds. The van der Waals surface area contributed by atoms with Crippen LogP contribution in [-0.2, 0) is 4.74 Å². The van der Waals surface area contributed by atoms with Gasteiger partial charge in [0.2, 0.25) is 11.6 Å². The van der Waals surface area contributed by atoms with E-state index in [0.29, 0.717) is 32.1 Å². The van der Waals surface area contributed by atoms with Crippen molar-refractivity contribution in [2.45, 2.75) is 6.42 Å². The first-order chi connectivity index (χ1) is 14.1. The summed E-state index contributed by atoms with van der Waals surface area (Å²) in [5.41, 5.74) is 1.02. The summed E-state index contributed by atoms with van der Waals surface area (Å²) in [5.74, 6) is 1.41. The molecule has 0 saturated carbocycles. The molecule has 0 spiro atoms. The van der Waals surface area contributed by atoms with Gasteiger partial charge in [-0.2, -0.15) is 0 Å². The largest absolute Gasteiger partial charge is 0.497 e. The highest BCUT2D eigenvalue weighted by atomic mass is 16.6. The average Bonchev–Trinajstić information content (AvgIpc) is 2.76. The van der Waals surface area contributed by atoms with Gasteiger partial charge in [0.25, 0.3) is 0 Å². The summed E-state index contributed by atoms with van der Waals surface area (Å²) in [4.78, 5) is 23.8. The zero-order chi connectivity index (χ0) is 20.6. The van der Waals surface area contributed by atoms with Crippen LogP contribution in [0.15, 0.2) is 30.6 Å². The van der Waals surface area contributed by atoms with E-state index in [-0.39, 0.29) is 11.5 Å². The molecule has 0 bridgehead atoms. The van der Waals surface area contributed by atoms with Crippen molar-refractivity contribution in [1.29, 1.82) is 0 Å². The monoisotopic (exact) mass is 402 g/mol. The van der Waals surface area contributed by atoms with Gasteiger partial charge in [-0.3, -0.25) is 10.1 Å². The van der Waals surface area contributed by atoms with E-state index >= 15 is 0 Å². The predicted molar refractivity (Wildman–Crippen MR) is 111 cm³/mol. The molecule has 1 aliphatic heterocycles. The molecule has 1 N–H and O–H groups in total. The zero-order valence-corrected chi connectivity index (χ0v) is 16.7. The van der Waals surface area contributed by atoms with Gasteiger partial charge in [0.15, 0.2) is 0 Å². The van der Waals surface area contributed by atoms with E-state index in [1.807, 2.05) is 29.2 Å². The molecule has 2 aromatic rings. The molecule has 1 aromatic heterocycles. The van der Waals surface area contributed by atoms with Crippen molar-refractivity contribution in [3.05, 3.63) is 40.7 Å². The van der Waals surface area contributed by atoms with Crippen molar-refractivity contribution < 1.29 is 14.4 Å². The second-order valence-electron chi connectivity index (χ2n) is 6.60. The summed E-state index contributed by atoms with van der Waals surface area (Å²) in [7, 11) is 3.26. The molecular weight excluding hydrogens is 376 g/mol. The van der Waals surface area contributed by atoms with Gasteiger partial charge in [-0.05, 0) is 30.7 Å². The highest BCUT2D eigenvalue weighted by Gasteiger charge is 2.29. The van der Waals surface area contributed by atoms with Crippen LogP contribution >= 0.6 is 0 Å². The van der Waals surface area contributed by atoms with Gasteiger partial charge in [-0.1, -0.05) is 0 Å². The van der Waals surface area contributed by atoms with Gasteiger partial charge in [-0.15, -0.1) is 0 Å². The Morgan fingerprint density at radius 3 is 2.41 bits per heavy atom. The lowest BCUT2D eigenvalue weighted by atomic mass is 10.2. The molecule has 29 heavy (non-hydrogen) atoms. The lowest BCUT2D eigenvalue weighted by molar-refractivity contribution is -0.383. The number of hydrogen-bond acceptors (Lipinski definition) is 9. The molecule has 10 nitrogen and oxygen atoms in total. The molecule has 0 radical (unpaired) electrons. The Morgan fingerprint density at radius 1 is 1.10 bits per heavy atom. The molecule has 156 valence electrons. The van der Waals surface area contributed by atoms with Crippen LogP contribution in [0.4, 0.5) is 23.0 Å². The number of piperazine rings is 1. The van der Waals surface area contributed by atoms with Crippen LogP contribution in [0.1, 0.15) is 6.42 Å². The maximum absolute atomic E-state index is 11.7. The van der Waals surface area contributed by atoms with Crippen molar-refractivity contribution in [3.8, 4) is 5.75 Å². The minimum absolute atomic E-state index is 0.0807. The molecule has 1 aromatic carbocycles. The van der Waals surface area contributed by atoms with Gasteiger partial charge in [0, 0.05) is 52.1 Å². The Bertz CT molecular complexity index is 809. The smallest absolute Gasteiger partial charge is 0.353 e. The minimum Gasteiger partial charge on any atom is -0.497 e. The van der Waals surface area contributed by atoms with Crippen molar-refractivity contribution in [2.75, 3.05) is 68.7 Å². The highest BCUT2D eigenvalue weighted by molar-refractivity contribution is 5.70. The topological polar surface area (TPSA) is 106 Å². The summed E-state index contributed by atoms with van der Waals surface area (Å²) >= 11 is 0. The molecule has 1 fully saturated rings. The third-order valence-corrected chi connectivity index (χ3v) is 4.82. The van der Waals surface area contributed by atoms with Crippen molar-refractivity contribution in [2.24, 2.45) is 0 Å². The fourth-order valence-electron chi connectivity index (χ4n) is 3.29. The Morgan fingerprint density at radius 2 is 1.79 bits per heavy atom.